The van der Waals surface area contributed by atoms with E-state index in [1.165, 1.54) is 10.9 Å². The Hall–Kier alpha value is -0.710. The third-order valence-electron chi connectivity index (χ3n) is 2.87. The monoisotopic (exact) mass is 327 g/mol. The summed E-state index contributed by atoms with van der Waals surface area (Å²) in [4.78, 5) is 1.27. The first-order chi connectivity index (χ1) is 8.56. The average molecular weight is 328 g/mol. The predicted octanol–water partition coefficient (Wildman–Crippen LogP) is 5.06. The van der Waals surface area contributed by atoms with Crippen molar-refractivity contribution in [2.75, 3.05) is 0 Å². The molecule has 1 N–H and O–H groups in total. The van der Waals surface area contributed by atoms with Crippen molar-refractivity contribution in [2.24, 2.45) is 0 Å². The van der Waals surface area contributed by atoms with Crippen LogP contribution in [0.2, 0.25) is 0 Å². The second kappa shape index (κ2) is 5.95. The number of benzene rings is 1. The Morgan fingerprint density at radius 1 is 1.17 bits per heavy atom. The maximum atomic E-state index is 13.2. The minimum atomic E-state index is -0.187. The van der Waals surface area contributed by atoms with Gasteiger partial charge in [-0.3, -0.25) is 0 Å². The summed E-state index contributed by atoms with van der Waals surface area (Å²) in [6.45, 7) is 4.17. The third-order valence-corrected chi connectivity index (χ3v) is 4.68. The first kappa shape index (κ1) is 13.7. The Balaban J connectivity index is 2.05. The highest BCUT2D eigenvalue weighted by Crippen LogP contribution is 2.28. The zero-order valence-electron chi connectivity index (χ0n) is 10.3. The van der Waals surface area contributed by atoms with E-state index in [1.807, 2.05) is 19.1 Å². The largest absolute Gasteiger partial charge is 0.303 e. The summed E-state index contributed by atoms with van der Waals surface area (Å²) in [5, 5.41) is 3.48. The molecule has 2 atom stereocenters. The summed E-state index contributed by atoms with van der Waals surface area (Å²) >= 11 is 5.18. The standard InChI is InChI=1S/C14H15BrFNS/c1-9(11-4-3-5-12(16)8-11)17-10(2)13-6-7-14(15)18-13/h3-10,17H,1-2H3. The number of nitrogens with one attached hydrogen (secondary N) is 1. The zero-order valence-corrected chi connectivity index (χ0v) is 12.7. The van der Waals surface area contributed by atoms with Gasteiger partial charge >= 0.3 is 0 Å². The topological polar surface area (TPSA) is 12.0 Å². The van der Waals surface area contributed by atoms with E-state index < -0.39 is 0 Å². The number of hydrogen-bond donors (Lipinski definition) is 1. The van der Waals surface area contributed by atoms with Crippen LogP contribution < -0.4 is 5.32 Å². The average Bonchev–Trinajstić information content (AvgIpc) is 2.76. The van der Waals surface area contributed by atoms with E-state index in [0.717, 1.165) is 9.35 Å². The van der Waals surface area contributed by atoms with Gasteiger partial charge in [-0.2, -0.15) is 0 Å². The lowest BCUT2D eigenvalue weighted by atomic mass is 10.1. The normalized spacial score (nSPS) is 14.4. The van der Waals surface area contributed by atoms with Gasteiger partial charge in [0.05, 0.1) is 3.79 Å². The molecule has 0 aliphatic rings. The molecule has 0 radical (unpaired) electrons. The van der Waals surface area contributed by atoms with Crippen molar-refractivity contribution in [3.63, 3.8) is 0 Å². The molecule has 4 heteroatoms. The molecule has 0 fully saturated rings. The first-order valence-corrected chi connectivity index (χ1v) is 7.44. The highest BCUT2D eigenvalue weighted by atomic mass is 79.9. The fraction of sp³-hybridized carbons (Fsp3) is 0.286. The van der Waals surface area contributed by atoms with E-state index in [0.29, 0.717) is 0 Å². The summed E-state index contributed by atoms with van der Waals surface area (Å²) in [7, 11) is 0. The van der Waals surface area contributed by atoms with Crippen molar-refractivity contribution < 1.29 is 4.39 Å². The number of halogens is 2. The van der Waals surface area contributed by atoms with E-state index >= 15 is 0 Å². The maximum absolute atomic E-state index is 13.2. The van der Waals surface area contributed by atoms with Crippen LogP contribution >= 0.6 is 27.3 Å². The Kier molecular flexibility index (Phi) is 4.54. The third kappa shape index (κ3) is 3.40. The molecule has 0 aliphatic heterocycles. The molecule has 0 saturated heterocycles. The molecule has 18 heavy (non-hydrogen) atoms. The van der Waals surface area contributed by atoms with Crippen LogP contribution in [0.4, 0.5) is 4.39 Å². The predicted molar refractivity (Wildman–Crippen MR) is 78.4 cm³/mol. The van der Waals surface area contributed by atoms with E-state index in [1.54, 1.807) is 23.5 Å². The van der Waals surface area contributed by atoms with Gasteiger partial charge in [0.25, 0.3) is 0 Å². The molecule has 1 aromatic heterocycles. The molecule has 1 aromatic carbocycles. The Morgan fingerprint density at radius 2 is 1.94 bits per heavy atom. The van der Waals surface area contributed by atoms with Crippen molar-refractivity contribution in [2.45, 2.75) is 25.9 Å². The molecule has 0 aliphatic carbocycles. The van der Waals surface area contributed by atoms with Gasteiger partial charge in [-0.25, -0.2) is 4.39 Å². The van der Waals surface area contributed by atoms with Gasteiger partial charge in [-0.1, -0.05) is 12.1 Å². The van der Waals surface area contributed by atoms with Gasteiger partial charge in [-0.15, -0.1) is 11.3 Å². The summed E-state index contributed by atoms with van der Waals surface area (Å²) < 4.78 is 14.3. The van der Waals surface area contributed by atoms with Gasteiger partial charge in [0.2, 0.25) is 0 Å². The lowest BCUT2D eigenvalue weighted by Gasteiger charge is -2.19. The number of rotatable bonds is 4. The van der Waals surface area contributed by atoms with Crippen LogP contribution in [0.25, 0.3) is 0 Å². The Labute approximate surface area is 119 Å². The van der Waals surface area contributed by atoms with Crippen LogP contribution in [0.5, 0.6) is 0 Å². The number of hydrogen-bond acceptors (Lipinski definition) is 2. The van der Waals surface area contributed by atoms with Crippen molar-refractivity contribution >= 4 is 27.3 Å². The van der Waals surface area contributed by atoms with E-state index in [2.05, 4.69) is 34.2 Å². The molecular weight excluding hydrogens is 313 g/mol. The minimum Gasteiger partial charge on any atom is -0.303 e. The Bertz CT molecular complexity index is 526. The fourth-order valence-corrected chi connectivity index (χ4v) is 3.33. The molecule has 0 spiro atoms. The summed E-state index contributed by atoms with van der Waals surface area (Å²) in [5.41, 5.74) is 0.970. The van der Waals surface area contributed by atoms with Crippen molar-refractivity contribution in [3.8, 4) is 0 Å². The summed E-state index contributed by atoms with van der Waals surface area (Å²) in [5.74, 6) is -0.187. The van der Waals surface area contributed by atoms with Crippen LogP contribution in [0, 0.1) is 5.82 Å². The van der Waals surface area contributed by atoms with Crippen molar-refractivity contribution in [1.82, 2.24) is 5.32 Å². The van der Waals surface area contributed by atoms with E-state index in [9.17, 15) is 4.39 Å². The van der Waals surface area contributed by atoms with Gasteiger partial charge in [0.1, 0.15) is 5.82 Å². The van der Waals surface area contributed by atoms with Crippen molar-refractivity contribution in [1.29, 1.82) is 0 Å². The lowest BCUT2D eigenvalue weighted by Crippen LogP contribution is -2.21. The summed E-state index contributed by atoms with van der Waals surface area (Å²) in [6.07, 6.45) is 0. The highest BCUT2D eigenvalue weighted by Gasteiger charge is 2.13. The van der Waals surface area contributed by atoms with Gasteiger partial charge < -0.3 is 5.32 Å². The van der Waals surface area contributed by atoms with Gasteiger partial charge in [0.15, 0.2) is 0 Å². The van der Waals surface area contributed by atoms with Crippen LogP contribution in [-0.4, -0.2) is 0 Å². The lowest BCUT2D eigenvalue weighted by molar-refractivity contribution is 0.497. The molecule has 0 bridgehead atoms. The smallest absolute Gasteiger partial charge is 0.123 e. The molecule has 1 nitrogen and oxygen atoms in total. The first-order valence-electron chi connectivity index (χ1n) is 5.83. The van der Waals surface area contributed by atoms with Crippen LogP contribution in [0.1, 0.15) is 36.4 Å². The molecular formula is C14H15BrFNS. The molecule has 1 heterocycles. The van der Waals surface area contributed by atoms with Gasteiger partial charge in [0, 0.05) is 17.0 Å². The zero-order chi connectivity index (χ0) is 13.1. The van der Waals surface area contributed by atoms with E-state index in [-0.39, 0.29) is 17.9 Å². The molecule has 0 amide bonds. The quantitative estimate of drug-likeness (QED) is 0.827. The SMILES string of the molecule is CC(NC(C)c1ccc(Br)s1)c1cccc(F)c1. The molecule has 0 saturated carbocycles. The Morgan fingerprint density at radius 3 is 2.56 bits per heavy atom. The van der Waals surface area contributed by atoms with Gasteiger partial charge in [-0.05, 0) is 59.6 Å². The molecule has 96 valence electrons. The number of thiophene rings is 1. The minimum absolute atomic E-state index is 0.122. The molecule has 2 unspecified atom stereocenters. The fourth-order valence-electron chi connectivity index (χ4n) is 1.89. The second-order valence-electron chi connectivity index (χ2n) is 4.31. The molecule has 2 rings (SSSR count). The highest BCUT2D eigenvalue weighted by molar-refractivity contribution is 9.11. The van der Waals surface area contributed by atoms with Crippen LogP contribution in [-0.2, 0) is 0 Å². The second-order valence-corrected chi connectivity index (χ2v) is 6.80. The maximum Gasteiger partial charge on any atom is 0.123 e. The summed E-state index contributed by atoms with van der Waals surface area (Å²) in [6, 6.07) is 11.3. The van der Waals surface area contributed by atoms with Crippen LogP contribution in [0.15, 0.2) is 40.2 Å². The van der Waals surface area contributed by atoms with E-state index in [4.69, 9.17) is 0 Å². The van der Waals surface area contributed by atoms with Crippen molar-refractivity contribution in [3.05, 3.63) is 56.4 Å². The van der Waals surface area contributed by atoms with Crippen LogP contribution in [0.3, 0.4) is 0 Å². The molecule has 2 aromatic rings.